The summed E-state index contributed by atoms with van der Waals surface area (Å²) in [5, 5.41) is 0. The maximum atomic E-state index is 7.19. The molecule has 0 aromatic carbocycles. The van der Waals surface area contributed by atoms with Gasteiger partial charge in [-0.2, -0.15) is 0 Å². The molecule has 54 valence electrons. The minimum absolute atomic E-state index is 0.0759. The molecule has 2 rings (SSSR count). The average Bonchev–Trinajstić information content (AvgIpc) is 2.04. The number of fused-ring (bicyclic) bond motifs is 1. The average molecular weight is 147 g/mol. The van der Waals surface area contributed by atoms with E-state index in [1.807, 2.05) is 0 Å². The molecule has 11 heavy (non-hydrogen) atoms. The summed E-state index contributed by atoms with van der Waals surface area (Å²) in [7, 11) is 0. The fourth-order valence-corrected chi connectivity index (χ4v) is 0.870. The van der Waals surface area contributed by atoms with E-state index in [-0.39, 0.29) is 12.1 Å². The topological polar surface area (TPSA) is 64.7 Å². The maximum absolute atomic E-state index is 7.19. The summed E-state index contributed by atoms with van der Waals surface area (Å²) in [5.74, 6) is 0.255. The maximum Gasteiger partial charge on any atom is 0.153 e. The van der Waals surface area contributed by atoms with Crippen LogP contribution in [0, 0.1) is 0 Å². The predicted octanol–water partition coefficient (Wildman–Crippen LogP) is 0.607. The smallest absolute Gasteiger partial charge is 0.153 e. The molecule has 0 fully saturated rings. The molecule has 2 N–H and O–H groups in total. The molecule has 0 amide bonds. The van der Waals surface area contributed by atoms with Crippen molar-refractivity contribution < 1.29 is 1.37 Å². The van der Waals surface area contributed by atoms with E-state index in [2.05, 4.69) is 15.0 Å². The third kappa shape index (κ3) is 0.881. The van der Waals surface area contributed by atoms with Crippen molar-refractivity contribution in [2.24, 2.45) is 0 Å². The Balaban J connectivity index is 2.89. The largest absolute Gasteiger partial charge is 0.382 e. The normalized spacial score (nSPS) is 11.5. The molecular formula is C7H6N4. The summed E-state index contributed by atoms with van der Waals surface area (Å²) in [5.41, 5.74) is 6.68. The molecule has 0 bridgehead atoms. The summed E-state index contributed by atoms with van der Waals surface area (Å²) in [6.45, 7) is 0. The van der Waals surface area contributed by atoms with Crippen LogP contribution in [0.2, 0.25) is 0 Å². The first-order chi connectivity index (χ1) is 5.77. The Morgan fingerprint density at radius 3 is 3.18 bits per heavy atom. The summed E-state index contributed by atoms with van der Waals surface area (Å²) in [6.07, 6.45) is 1.54. The van der Waals surface area contributed by atoms with Crippen LogP contribution in [0.25, 0.3) is 11.0 Å². The molecule has 0 saturated carbocycles. The standard InChI is InChI=1S/C7H6N4/c8-7-6-5(10-4-11-7)2-1-3-9-6/h1-4H,(H2,8,10,11)/i4D. The first kappa shape index (κ1) is 5.01. The second kappa shape index (κ2) is 2.16. The number of aromatic nitrogens is 3. The van der Waals surface area contributed by atoms with Gasteiger partial charge in [0.05, 0.1) is 5.52 Å². The quantitative estimate of drug-likeness (QED) is 0.592. The number of hydrogen-bond donors (Lipinski definition) is 1. The number of rotatable bonds is 0. The molecule has 2 aromatic heterocycles. The molecule has 0 atom stereocenters. The van der Waals surface area contributed by atoms with Gasteiger partial charge in [-0.15, -0.1) is 0 Å². The third-order valence-electron chi connectivity index (χ3n) is 1.37. The second-order valence-electron chi connectivity index (χ2n) is 2.08. The Labute approximate surface area is 64.5 Å². The second-order valence-corrected chi connectivity index (χ2v) is 2.08. The molecular weight excluding hydrogens is 140 g/mol. The van der Waals surface area contributed by atoms with E-state index in [1.54, 1.807) is 18.3 Å². The van der Waals surface area contributed by atoms with Crippen LogP contribution in [0.5, 0.6) is 0 Å². The van der Waals surface area contributed by atoms with Crippen molar-refractivity contribution in [3.63, 3.8) is 0 Å². The third-order valence-corrected chi connectivity index (χ3v) is 1.37. The molecule has 0 aliphatic rings. The van der Waals surface area contributed by atoms with Crippen molar-refractivity contribution in [2.75, 3.05) is 5.73 Å². The number of pyridine rings is 1. The van der Waals surface area contributed by atoms with E-state index in [4.69, 9.17) is 7.10 Å². The van der Waals surface area contributed by atoms with Gasteiger partial charge >= 0.3 is 0 Å². The van der Waals surface area contributed by atoms with E-state index in [0.717, 1.165) is 0 Å². The van der Waals surface area contributed by atoms with Gasteiger partial charge in [-0.3, -0.25) is 4.98 Å². The minimum atomic E-state index is -0.0759. The molecule has 0 saturated heterocycles. The van der Waals surface area contributed by atoms with E-state index >= 15 is 0 Å². The zero-order chi connectivity index (χ0) is 8.55. The van der Waals surface area contributed by atoms with Gasteiger partial charge in [-0.05, 0) is 12.1 Å². The van der Waals surface area contributed by atoms with Crippen molar-refractivity contribution in [3.8, 4) is 0 Å². The highest BCUT2D eigenvalue weighted by Gasteiger charge is 1.97. The molecule has 4 nitrogen and oxygen atoms in total. The van der Waals surface area contributed by atoms with Crippen LogP contribution in [0.3, 0.4) is 0 Å². The lowest BCUT2D eigenvalue weighted by atomic mass is 10.3. The molecule has 2 aromatic rings. The fraction of sp³-hybridized carbons (Fsp3) is 0. The van der Waals surface area contributed by atoms with Gasteiger partial charge < -0.3 is 5.73 Å². The lowest BCUT2D eigenvalue weighted by Gasteiger charge is -1.95. The minimum Gasteiger partial charge on any atom is -0.382 e. The molecule has 0 radical (unpaired) electrons. The van der Waals surface area contributed by atoms with Crippen molar-refractivity contribution in [1.29, 1.82) is 0 Å². The number of nitrogen functional groups attached to an aromatic ring is 1. The van der Waals surface area contributed by atoms with Crippen molar-refractivity contribution in [3.05, 3.63) is 24.6 Å². The zero-order valence-electron chi connectivity index (χ0n) is 6.65. The van der Waals surface area contributed by atoms with Gasteiger partial charge in [0.25, 0.3) is 0 Å². The number of hydrogen-bond acceptors (Lipinski definition) is 4. The van der Waals surface area contributed by atoms with E-state index in [1.165, 1.54) is 0 Å². The zero-order valence-corrected chi connectivity index (χ0v) is 5.65. The van der Waals surface area contributed by atoms with Gasteiger partial charge in [0.15, 0.2) is 5.82 Å². The monoisotopic (exact) mass is 147 g/mol. The molecule has 2 heterocycles. The van der Waals surface area contributed by atoms with E-state index in [0.29, 0.717) is 11.0 Å². The van der Waals surface area contributed by atoms with Gasteiger partial charge in [0, 0.05) is 6.20 Å². The van der Waals surface area contributed by atoms with Crippen LogP contribution in [0.15, 0.2) is 24.6 Å². The molecule has 0 aliphatic carbocycles. The van der Waals surface area contributed by atoms with Gasteiger partial charge in [-0.25, -0.2) is 9.97 Å². The van der Waals surface area contributed by atoms with Crippen LogP contribution in [0.4, 0.5) is 5.82 Å². The number of anilines is 1. The van der Waals surface area contributed by atoms with Crippen LogP contribution < -0.4 is 5.73 Å². The summed E-state index contributed by atoms with van der Waals surface area (Å²) >= 11 is 0. The number of nitrogens with zero attached hydrogens (tertiary/aromatic N) is 3. The SMILES string of the molecule is [2H]c1nc(N)c2ncccc2n1. The summed E-state index contributed by atoms with van der Waals surface area (Å²) in [4.78, 5) is 11.5. The predicted molar refractivity (Wildman–Crippen MR) is 41.7 cm³/mol. The van der Waals surface area contributed by atoms with Crippen LogP contribution in [-0.4, -0.2) is 15.0 Å². The molecule has 0 aliphatic heterocycles. The highest BCUT2D eigenvalue weighted by atomic mass is 14.9. The highest BCUT2D eigenvalue weighted by molar-refractivity contribution is 5.82. The van der Waals surface area contributed by atoms with Gasteiger partial charge in [0.1, 0.15) is 13.2 Å². The lowest BCUT2D eigenvalue weighted by molar-refractivity contribution is 1.20. The molecule has 0 unspecified atom stereocenters. The Bertz CT molecular complexity index is 429. The lowest BCUT2D eigenvalue weighted by Crippen LogP contribution is -1.94. The molecule has 0 spiro atoms. The van der Waals surface area contributed by atoms with Crippen LogP contribution in [0.1, 0.15) is 1.37 Å². The summed E-state index contributed by atoms with van der Waals surface area (Å²) in [6, 6.07) is 3.49. The van der Waals surface area contributed by atoms with Gasteiger partial charge in [-0.1, -0.05) is 0 Å². The van der Waals surface area contributed by atoms with Crippen molar-refractivity contribution in [1.82, 2.24) is 15.0 Å². The first-order valence-electron chi connectivity index (χ1n) is 3.62. The Hall–Kier alpha value is -1.71. The fourth-order valence-electron chi connectivity index (χ4n) is 0.870. The first-order valence-corrected chi connectivity index (χ1v) is 3.12. The Morgan fingerprint density at radius 1 is 1.36 bits per heavy atom. The Kier molecular flexibility index (Phi) is 0.982. The van der Waals surface area contributed by atoms with Crippen LogP contribution in [-0.2, 0) is 0 Å². The highest BCUT2D eigenvalue weighted by Crippen LogP contribution is 2.10. The van der Waals surface area contributed by atoms with E-state index < -0.39 is 0 Å². The Morgan fingerprint density at radius 2 is 2.27 bits per heavy atom. The van der Waals surface area contributed by atoms with Crippen molar-refractivity contribution >= 4 is 16.9 Å². The van der Waals surface area contributed by atoms with E-state index in [9.17, 15) is 0 Å². The van der Waals surface area contributed by atoms with Gasteiger partial charge in [0.2, 0.25) is 0 Å². The molecule has 4 heteroatoms. The summed E-state index contributed by atoms with van der Waals surface area (Å²) < 4.78 is 7.19. The van der Waals surface area contributed by atoms with Crippen LogP contribution >= 0.6 is 0 Å². The van der Waals surface area contributed by atoms with Crippen molar-refractivity contribution in [2.45, 2.75) is 0 Å². The number of nitrogens with two attached hydrogens (primary N) is 1.